The molecule has 0 atom stereocenters. The minimum Gasteiger partial charge on any atom is -0.508 e. The number of rotatable bonds is 3. The van der Waals surface area contributed by atoms with E-state index in [2.05, 4.69) is 5.10 Å². The number of phenolic OH excluding ortho intramolecular Hbond substituents is 1. The van der Waals surface area contributed by atoms with Gasteiger partial charge in [0.2, 0.25) is 0 Å². The molecule has 0 aliphatic rings. The van der Waals surface area contributed by atoms with Gasteiger partial charge in [-0.25, -0.2) is 4.79 Å². The number of nitrogens with two attached hydrogens (primary N) is 1. The van der Waals surface area contributed by atoms with E-state index in [-0.39, 0.29) is 17.1 Å². The molecule has 0 saturated heterocycles. The molecule has 1 heterocycles. The van der Waals surface area contributed by atoms with Crippen LogP contribution in [0.5, 0.6) is 11.5 Å². The van der Waals surface area contributed by atoms with Crippen molar-refractivity contribution in [2.24, 2.45) is 0 Å². The van der Waals surface area contributed by atoms with Gasteiger partial charge >= 0.3 is 5.97 Å². The summed E-state index contributed by atoms with van der Waals surface area (Å²) in [6.45, 7) is 2.38. The Labute approximate surface area is 104 Å². The van der Waals surface area contributed by atoms with Crippen molar-refractivity contribution < 1.29 is 14.6 Å². The average Bonchev–Trinajstić information content (AvgIpc) is 2.73. The monoisotopic (exact) mass is 247 g/mol. The van der Waals surface area contributed by atoms with Crippen molar-refractivity contribution in [2.45, 2.75) is 13.5 Å². The fraction of sp³-hybridized carbons (Fsp3) is 0.167. The molecule has 2 aromatic rings. The van der Waals surface area contributed by atoms with Gasteiger partial charge in [0, 0.05) is 6.54 Å². The molecule has 3 N–H and O–H groups in total. The van der Waals surface area contributed by atoms with Crippen LogP contribution in [-0.2, 0) is 6.54 Å². The van der Waals surface area contributed by atoms with Gasteiger partial charge in [-0.1, -0.05) is 0 Å². The van der Waals surface area contributed by atoms with Gasteiger partial charge < -0.3 is 15.6 Å². The van der Waals surface area contributed by atoms with Gasteiger partial charge in [-0.05, 0) is 31.2 Å². The number of ether oxygens (including phenoxy) is 1. The topological polar surface area (TPSA) is 90.4 Å². The number of aromatic nitrogens is 2. The number of phenols is 1. The number of benzene rings is 1. The number of carbonyl (C=O) groups is 1. The number of carbonyl (C=O) groups excluding carboxylic acids is 1. The maximum atomic E-state index is 11.9. The van der Waals surface area contributed by atoms with E-state index < -0.39 is 5.97 Å². The van der Waals surface area contributed by atoms with E-state index in [0.29, 0.717) is 12.3 Å². The highest BCUT2D eigenvalue weighted by Crippen LogP contribution is 2.19. The number of hydrogen-bond donors (Lipinski definition) is 2. The molecule has 0 amide bonds. The fourth-order valence-corrected chi connectivity index (χ4v) is 1.53. The quantitative estimate of drug-likeness (QED) is 0.632. The molecule has 0 aliphatic heterocycles. The number of aromatic hydroxyl groups is 1. The first-order valence-corrected chi connectivity index (χ1v) is 5.44. The van der Waals surface area contributed by atoms with Gasteiger partial charge in [0.25, 0.3) is 0 Å². The number of anilines is 1. The van der Waals surface area contributed by atoms with Gasteiger partial charge in [-0.2, -0.15) is 5.10 Å². The van der Waals surface area contributed by atoms with E-state index in [1.54, 1.807) is 0 Å². The molecule has 0 radical (unpaired) electrons. The molecule has 18 heavy (non-hydrogen) atoms. The Morgan fingerprint density at radius 1 is 1.44 bits per heavy atom. The van der Waals surface area contributed by atoms with Crippen molar-refractivity contribution >= 4 is 11.7 Å². The summed E-state index contributed by atoms with van der Waals surface area (Å²) in [7, 11) is 0. The Hall–Kier alpha value is -2.50. The predicted octanol–water partition coefficient (Wildman–Crippen LogP) is 1.41. The van der Waals surface area contributed by atoms with E-state index >= 15 is 0 Å². The van der Waals surface area contributed by atoms with E-state index in [1.165, 1.54) is 35.1 Å². The fourth-order valence-electron chi connectivity index (χ4n) is 1.53. The molecule has 0 fully saturated rings. The lowest BCUT2D eigenvalue weighted by Crippen LogP contribution is -2.16. The minimum atomic E-state index is -0.572. The van der Waals surface area contributed by atoms with Crippen molar-refractivity contribution in [3.05, 3.63) is 36.2 Å². The van der Waals surface area contributed by atoms with Gasteiger partial charge in [-0.15, -0.1) is 0 Å². The van der Waals surface area contributed by atoms with Gasteiger partial charge in [-0.3, -0.25) is 4.68 Å². The third-order valence-electron chi connectivity index (χ3n) is 2.41. The third-order valence-corrected chi connectivity index (χ3v) is 2.41. The van der Waals surface area contributed by atoms with Crippen LogP contribution in [-0.4, -0.2) is 20.9 Å². The van der Waals surface area contributed by atoms with Crippen LogP contribution in [0.4, 0.5) is 5.69 Å². The van der Waals surface area contributed by atoms with Crippen molar-refractivity contribution in [2.75, 3.05) is 5.73 Å². The summed E-state index contributed by atoms with van der Waals surface area (Å²) in [5, 5.41) is 13.1. The smallest absolute Gasteiger partial charge is 0.364 e. The molecule has 0 aliphatic carbocycles. The molecule has 1 aromatic heterocycles. The number of esters is 1. The number of nitrogen functional groups attached to an aromatic ring is 1. The highest BCUT2D eigenvalue weighted by molar-refractivity contribution is 5.94. The largest absolute Gasteiger partial charge is 0.508 e. The maximum Gasteiger partial charge on any atom is 0.364 e. The Morgan fingerprint density at radius 2 is 2.11 bits per heavy atom. The standard InChI is InChI=1S/C12H13N3O3/c1-2-15-11(10(13)7-14-15)12(17)18-9-5-3-8(16)4-6-9/h3-7,16H,2,13H2,1H3. The van der Waals surface area contributed by atoms with Crippen LogP contribution in [0, 0.1) is 0 Å². The average molecular weight is 247 g/mol. The van der Waals surface area contributed by atoms with Crippen molar-refractivity contribution in [1.82, 2.24) is 9.78 Å². The normalized spacial score (nSPS) is 10.3. The summed E-state index contributed by atoms with van der Waals surface area (Å²) < 4.78 is 6.62. The van der Waals surface area contributed by atoms with Crippen LogP contribution in [0.15, 0.2) is 30.5 Å². The minimum absolute atomic E-state index is 0.105. The second-order valence-corrected chi connectivity index (χ2v) is 3.65. The van der Waals surface area contributed by atoms with Crippen molar-refractivity contribution in [3.63, 3.8) is 0 Å². The maximum absolute atomic E-state index is 11.9. The second kappa shape index (κ2) is 4.79. The Morgan fingerprint density at radius 3 is 2.72 bits per heavy atom. The Kier molecular flexibility index (Phi) is 3.18. The van der Waals surface area contributed by atoms with Crippen LogP contribution in [0.1, 0.15) is 17.4 Å². The van der Waals surface area contributed by atoms with Gasteiger partial charge in [0.05, 0.1) is 11.9 Å². The number of nitrogens with zero attached hydrogens (tertiary/aromatic N) is 2. The van der Waals surface area contributed by atoms with Gasteiger partial charge in [0.15, 0.2) is 5.69 Å². The first-order valence-electron chi connectivity index (χ1n) is 5.44. The number of aryl methyl sites for hydroxylation is 1. The van der Waals surface area contributed by atoms with Crippen molar-refractivity contribution in [1.29, 1.82) is 0 Å². The molecule has 0 spiro atoms. The molecule has 2 rings (SSSR count). The molecule has 94 valence electrons. The van der Waals surface area contributed by atoms with Crippen LogP contribution in [0.2, 0.25) is 0 Å². The first-order chi connectivity index (χ1) is 8.61. The molecule has 0 bridgehead atoms. The predicted molar refractivity (Wildman–Crippen MR) is 65.4 cm³/mol. The molecule has 6 nitrogen and oxygen atoms in total. The van der Waals surface area contributed by atoms with Crippen LogP contribution in [0.25, 0.3) is 0 Å². The van der Waals surface area contributed by atoms with E-state index in [4.69, 9.17) is 15.6 Å². The molecule has 0 saturated carbocycles. The summed E-state index contributed by atoms with van der Waals surface area (Å²) in [5.41, 5.74) is 6.18. The van der Waals surface area contributed by atoms with E-state index in [0.717, 1.165) is 0 Å². The van der Waals surface area contributed by atoms with Crippen LogP contribution in [0.3, 0.4) is 0 Å². The van der Waals surface area contributed by atoms with Crippen molar-refractivity contribution in [3.8, 4) is 11.5 Å². The summed E-state index contributed by atoms with van der Waals surface area (Å²) in [4.78, 5) is 11.9. The zero-order valence-corrected chi connectivity index (χ0v) is 9.83. The van der Waals surface area contributed by atoms with E-state index in [1.807, 2.05) is 6.92 Å². The summed E-state index contributed by atoms with van der Waals surface area (Å²) in [6.07, 6.45) is 1.41. The molecule has 6 heteroatoms. The lowest BCUT2D eigenvalue weighted by Gasteiger charge is -2.06. The molecule has 1 aromatic carbocycles. The Balaban J connectivity index is 2.21. The lowest BCUT2D eigenvalue weighted by atomic mass is 10.3. The molecular weight excluding hydrogens is 234 g/mol. The first kappa shape index (κ1) is 12.0. The van der Waals surface area contributed by atoms with E-state index in [9.17, 15) is 4.79 Å². The summed E-state index contributed by atoms with van der Waals surface area (Å²) in [6, 6.07) is 5.86. The van der Waals surface area contributed by atoms with Gasteiger partial charge in [0.1, 0.15) is 11.5 Å². The zero-order chi connectivity index (χ0) is 13.1. The highest BCUT2D eigenvalue weighted by Gasteiger charge is 2.18. The van der Waals surface area contributed by atoms with Crippen LogP contribution >= 0.6 is 0 Å². The summed E-state index contributed by atoms with van der Waals surface area (Å²) in [5.74, 6) is -0.133. The third kappa shape index (κ3) is 2.27. The zero-order valence-electron chi connectivity index (χ0n) is 9.83. The highest BCUT2D eigenvalue weighted by atomic mass is 16.5. The van der Waals surface area contributed by atoms with Crippen LogP contribution < -0.4 is 10.5 Å². The Bertz CT molecular complexity index is 560. The second-order valence-electron chi connectivity index (χ2n) is 3.65. The summed E-state index contributed by atoms with van der Waals surface area (Å²) >= 11 is 0. The SMILES string of the molecule is CCn1ncc(N)c1C(=O)Oc1ccc(O)cc1. The molecular formula is C12H13N3O3. The number of hydrogen-bond acceptors (Lipinski definition) is 5. The lowest BCUT2D eigenvalue weighted by molar-refractivity contribution is 0.0723. The molecule has 0 unspecified atom stereocenters.